The summed E-state index contributed by atoms with van der Waals surface area (Å²) < 4.78 is 5.78. The number of carbonyl (C=O) groups is 1. The molecule has 0 aliphatic heterocycles. The number of rotatable bonds is 5. The lowest BCUT2D eigenvalue weighted by Gasteiger charge is -2.02. The zero-order valence-electron chi connectivity index (χ0n) is 11.7. The zero-order chi connectivity index (χ0) is 15.1. The minimum Gasteiger partial charge on any atom is -0.465 e. The summed E-state index contributed by atoms with van der Waals surface area (Å²) in [5.41, 5.74) is -0.427. The molecule has 0 unspecified atom stereocenters. The predicted octanol–water partition coefficient (Wildman–Crippen LogP) is 1.27. The van der Waals surface area contributed by atoms with Gasteiger partial charge < -0.3 is 4.74 Å². The van der Waals surface area contributed by atoms with E-state index in [4.69, 9.17) is 0 Å². The summed E-state index contributed by atoms with van der Waals surface area (Å²) >= 11 is 1.05. The maximum atomic E-state index is 12.0. The van der Waals surface area contributed by atoms with Crippen LogP contribution in [0.3, 0.4) is 0 Å². The quantitative estimate of drug-likeness (QED) is 0.466. The van der Waals surface area contributed by atoms with E-state index < -0.39 is 11.5 Å². The van der Waals surface area contributed by atoms with Gasteiger partial charge in [0, 0.05) is 12.3 Å². The summed E-state index contributed by atoms with van der Waals surface area (Å²) in [7, 11) is 1.26. The van der Waals surface area contributed by atoms with Crippen molar-refractivity contribution in [2.45, 2.75) is 13.8 Å². The van der Waals surface area contributed by atoms with Crippen LogP contribution in [0.2, 0.25) is 0 Å². The zero-order valence-corrected chi connectivity index (χ0v) is 12.5. The van der Waals surface area contributed by atoms with Crippen molar-refractivity contribution in [1.82, 2.24) is 4.68 Å². The fourth-order valence-electron chi connectivity index (χ4n) is 1.19. The first-order chi connectivity index (χ1) is 9.49. The molecule has 0 amide bonds. The van der Waals surface area contributed by atoms with E-state index in [0.29, 0.717) is 11.3 Å². The van der Waals surface area contributed by atoms with Crippen LogP contribution in [0.4, 0.5) is 0 Å². The first-order valence-corrected chi connectivity index (χ1v) is 6.82. The normalized spacial score (nSPS) is 12.1. The van der Waals surface area contributed by atoms with Crippen molar-refractivity contribution in [3.05, 3.63) is 38.8 Å². The van der Waals surface area contributed by atoms with Gasteiger partial charge in [0.25, 0.3) is 5.56 Å². The van der Waals surface area contributed by atoms with E-state index in [1.165, 1.54) is 17.9 Å². The van der Waals surface area contributed by atoms with E-state index in [9.17, 15) is 9.59 Å². The van der Waals surface area contributed by atoms with Crippen molar-refractivity contribution in [3.8, 4) is 0 Å². The summed E-state index contributed by atoms with van der Waals surface area (Å²) in [5.74, 6) is -0.374. The second-order valence-electron chi connectivity index (χ2n) is 4.17. The maximum absolute atomic E-state index is 12.0. The maximum Gasteiger partial charge on any atom is 0.348 e. The fraction of sp³-hybridized carbons (Fsp3) is 0.385. The molecular formula is C13H17N3O3S. The van der Waals surface area contributed by atoms with Crippen molar-refractivity contribution >= 4 is 23.5 Å². The molecule has 0 radical (unpaired) electrons. The molecule has 0 fully saturated rings. The molecule has 1 rings (SSSR count). The Balaban J connectivity index is 3.46. The molecule has 108 valence electrons. The number of nitrogens with zero attached hydrogens (tertiary/aromatic N) is 3. The number of hydrogen-bond donors (Lipinski definition) is 0. The number of esters is 1. The largest absolute Gasteiger partial charge is 0.465 e. The molecule has 0 saturated carbocycles. The van der Waals surface area contributed by atoms with Gasteiger partial charge in [-0.2, -0.15) is 9.78 Å². The van der Waals surface area contributed by atoms with E-state index in [1.54, 1.807) is 12.3 Å². The van der Waals surface area contributed by atoms with Gasteiger partial charge in [-0.3, -0.25) is 9.79 Å². The molecule has 6 nitrogen and oxygen atoms in total. The van der Waals surface area contributed by atoms with Crippen molar-refractivity contribution in [2.75, 3.05) is 13.7 Å². The number of ether oxygens (including phenoxy) is 1. The fourth-order valence-corrected chi connectivity index (χ4v) is 2.07. The van der Waals surface area contributed by atoms with E-state index in [0.717, 1.165) is 11.3 Å². The highest BCUT2D eigenvalue weighted by atomic mass is 32.1. The molecule has 0 atom stereocenters. The monoisotopic (exact) mass is 295 g/mol. The standard InChI is InChI=1S/C13H17N3O3S/c1-5-6-14-13-16(15-8-9(2)3)11(17)7-10(20-13)12(18)19-4/h5,7-9H,1,6H2,2-4H3/b14-13?,15-8+. The Labute approximate surface area is 120 Å². The Morgan fingerprint density at radius 3 is 2.85 bits per heavy atom. The summed E-state index contributed by atoms with van der Waals surface area (Å²) in [6.45, 7) is 7.79. The molecule has 0 N–H and O–H groups in total. The Morgan fingerprint density at radius 1 is 1.60 bits per heavy atom. The van der Waals surface area contributed by atoms with E-state index in [-0.39, 0.29) is 10.8 Å². The van der Waals surface area contributed by atoms with Crippen molar-refractivity contribution in [1.29, 1.82) is 0 Å². The van der Waals surface area contributed by atoms with Gasteiger partial charge >= 0.3 is 5.97 Å². The molecule has 0 bridgehead atoms. The highest BCUT2D eigenvalue weighted by Gasteiger charge is 2.10. The van der Waals surface area contributed by atoms with Crippen LogP contribution in [0.1, 0.15) is 23.5 Å². The Morgan fingerprint density at radius 2 is 2.30 bits per heavy atom. The molecule has 0 aliphatic rings. The van der Waals surface area contributed by atoms with Gasteiger partial charge in [0.2, 0.25) is 4.80 Å². The van der Waals surface area contributed by atoms with Crippen LogP contribution in [0, 0.1) is 5.92 Å². The second kappa shape index (κ2) is 7.54. The molecule has 7 heteroatoms. The van der Waals surface area contributed by atoms with Crippen LogP contribution >= 0.6 is 11.3 Å². The van der Waals surface area contributed by atoms with Crippen molar-refractivity contribution < 1.29 is 9.53 Å². The number of carbonyl (C=O) groups excluding carboxylic acids is 1. The summed E-state index contributed by atoms with van der Waals surface area (Å²) in [4.78, 5) is 28.2. The minimum atomic E-state index is -0.567. The summed E-state index contributed by atoms with van der Waals surface area (Å²) in [5, 5.41) is 4.09. The highest BCUT2D eigenvalue weighted by molar-refractivity contribution is 7.11. The average Bonchev–Trinajstić information content (AvgIpc) is 2.42. The van der Waals surface area contributed by atoms with Crippen LogP contribution in [0.15, 0.2) is 33.6 Å². The molecule has 1 aromatic heterocycles. The molecule has 0 spiro atoms. The van der Waals surface area contributed by atoms with Crippen molar-refractivity contribution in [3.63, 3.8) is 0 Å². The number of aromatic nitrogens is 1. The molecular weight excluding hydrogens is 278 g/mol. The molecule has 20 heavy (non-hydrogen) atoms. The number of hydrogen-bond acceptors (Lipinski definition) is 6. The van der Waals surface area contributed by atoms with Gasteiger partial charge in [0.05, 0.1) is 13.7 Å². The van der Waals surface area contributed by atoms with Crippen LogP contribution < -0.4 is 10.4 Å². The lowest BCUT2D eigenvalue weighted by molar-refractivity contribution is 0.0606. The first-order valence-electron chi connectivity index (χ1n) is 6.01. The summed E-state index contributed by atoms with van der Waals surface area (Å²) in [6.07, 6.45) is 3.23. The van der Waals surface area contributed by atoms with Crippen LogP contribution in [-0.4, -0.2) is 30.5 Å². The van der Waals surface area contributed by atoms with Gasteiger partial charge in [-0.15, -0.1) is 6.58 Å². The lowest BCUT2D eigenvalue weighted by atomic mass is 10.3. The first kappa shape index (κ1) is 16.0. The van der Waals surface area contributed by atoms with E-state index >= 15 is 0 Å². The van der Waals surface area contributed by atoms with Gasteiger partial charge in [0.1, 0.15) is 4.88 Å². The highest BCUT2D eigenvalue weighted by Crippen LogP contribution is 2.01. The Bertz CT molecular complexity index is 641. The topological polar surface area (TPSA) is 73.0 Å². The third kappa shape index (κ3) is 4.27. The average molecular weight is 295 g/mol. The summed E-state index contributed by atoms with van der Waals surface area (Å²) in [6, 6.07) is 1.20. The molecule has 1 aromatic rings. The van der Waals surface area contributed by atoms with Crippen LogP contribution in [0.5, 0.6) is 0 Å². The van der Waals surface area contributed by atoms with Gasteiger partial charge in [0.15, 0.2) is 0 Å². The smallest absolute Gasteiger partial charge is 0.348 e. The predicted molar refractivity (Wildman–Crippen MR) is 79.3 cm³/mol. The van der Waals surface area contributed by atoms with Crippen molar-refractivity contribution in [2.24, 2.45) is 16.0 Å². The van der Waals surface area contributed by atoms with Crippen LogP contribution in [0.25, 0.3) is 0 Å². The Hall–Kier alpha value is -2.02. The molecule has 0 aliphatic carbocycles. The third-order valence-electron chi connectivity index (χ3n) is 2.07. The SMILES string of the molecule is C=CCN=c1sc(C(=O)OC)cc(=O)n1/N=C/C(C)C. The van der Waals surface area contributed by atoms with Crippen LogP contribution in [-0.2, 0) is 4.74 Å². The van der Waals surface area contributed by atoms with E-state index in [1.807, 2.05) is 13.8 Å². The molecule has 0 saturated heterocycles. The van der Waals surface area contributed by atoms with E-state index in [2.05, 4.69) is 21.4 Å². The minimum absolute atomic E-state index is 0.191. The van der Waals surface area contributed by atoms with Gasteiger partial charge in [-0.05, 0) is 5.92 Å². The Kier molecular flexibility index (Phi) is 6.05. The molecule has 0 aromatic carbocycles. The van der Waals surface area contributed by atoms with Gasteiger partial charge in [-0.1, -0.05) is 31.3 Å². The number of methoxy groups -OCH3 is 1. The second-order valence-corrected chi connectivity index (χ2v) is 5.18. The molecule has 1 heterocycles. The van der Waals surface area contributed by atoms with Gasteiger partial charge in [-0.25, -0.2) is 4.79 Å². The third-order valence-corrected chi connectivity index (χ3v) is 3.06. The lowest BCUT2D eigenvalue weighted by Crippen LogP contribution is -2.30.